The normalized spacial score (nSPS) is 12.9. The Morgan fingerprint density at radius 2 is 1.93 bits per heavy atom. The molecule has 2 aromatic carbocycles. The average molecular weight is 383 g/mol. The highest BCUT2D eigenvalue weighted by Crippen LogP contribution is 2.18. The van der Waals surface area contributed by atoms with Crippen molar-refractivity contribution in [3.63, 3.8) is 0 Å². The van der Waals surface area contributed by atoms with Crippen molar-refractivity contribution in [1.29, 1.82) is 0 Å². The molecule has 1 heterocycles. The molecule has 0 spiro atoms. The van der Waals surface area contributed by atoms with Crippen molar-refractivity contribution in [2.24, 2.45) is 0 Å². The molecule has 9 heteroatoms. The van der Waals surface area contributed by atoms with Crippen LogP contribution in [0.5, 0.6) is 5.75 Å². The van der Waals surface area contributed by atoms with E-state index in [4.69, 9.17) is 4.74 Å². The molecular formula is C19H21N5O4. The number of urea groups is 1. The number of anilines is 2. The van der Waals surface area contributed by atoms with Gasteiger partial charge in [0.05, 0.1) is 13.7 Å². The summed E-state index contributed by atoms with van der Waals surface area (Å²) in [6.07, 6.45) is 0. The van der Waals surface area contributed by atoms with Crippen LogP contribution in [0.2, 0.25) is 0 Å². The fraction of sp³-hybridized carbons (Fsp3) is 0.211. The van der Waals surface area contributed by atoms with E-state index < -0.39 is 11.8 Å². The largest absolute Gasteiger partial charge is 0.497 e. The van der Waals surface area contributed by atoms with Crippen LogP contribution in [0.1, 0.15) is 10.4 Å². The van der Waals surface area contributed by atoms with Crippen LogP contribution in [0.25, 0.3) is 0 Å². The van der Waals surface area contributed by atoms with Crippen molar-refractivity contribution < 1.29 is 19.1 Å². The molecular weight excluding hydrogens is 362 g/mol. The lowest BCUT2D eigenvalue weighted by molar-refractivity contribution is -0.120. The molecule has 1 aliphatic rings. The highest BCUT2D eigenvalue weighted by molar-refractivity contribution is 5.99. The molecule has 4 amide bonds. The first kappa shape index (κ1) is 19.0. The van der Waals surface area contributed by atoms with Gasteiger partial charge in [-0.2, -0.15) is 0 Å². The molecule has 0 atom stereocenters. The van der Waals surface area contributed by atoms with E-state index in [0.717, 1.165) is 11.4 Å². The first-order chi connectivity index (χ1) is 13.6. The van der Waals surface area contributed by atoms with E-state index in [-0.39, 0.29) is 12.6 Å². The summed E-state index contributed by atoms with van der Waals surface area (Å²) in [5.74, 6) is -0.158. The molecule has 28 heavy (non-hydrogen) atoms. The number of amides is 4. The summed E-state index contributed by atoms with van der Waals surface area (Å²) in [5, 5.41) is 5.65. The maximum atomic E-state index is 12.3. The summed E-state index contributed by atoms with van der Waals surface area (Å²) >= 11 is 0. The number of carbonyl (C=O) groups excluding carboxylic acids is 3. The molecule has 0 radical (unpaired) electrons. The summed E-state index contributed by atoms with van der Waals surface area (Å²) in [6, 6.07) is 13.6. The lowest BCUT2D eigenvalue weighted by Gasteiger charge is -2.15. The highest BCUT2D eigenvalue weighted by atomic mass is 16.5. The monoisotopic (exact) mass is 383 g/mol. The SMILES string of the molecule is COc1ccc(NCC(=O)NNC(=O)c2cccc(N3CCNC3=O)c2)cc1. The van der Waals surface area contributed by atoms with Crippen LogP contribution in [0.4, 0.5) is 16.2 Å². The molecule has 0 aliphatic carbocycles. The number of methoxy groups -OCH3 is 1. The number of ether oxygens (including phenoxy) is 1. The van der Waals surface area contributed by atoms with Gasteiger partial charge in [0.2, 0.25) is 0 Å². The number of nitrogens with one attached hydrogen (secondary N) is 4. The molecule has 146 valence electrons. The quantitative estimate of drug-likeness (QED) is 0.558. The summed E-state index contributed by atoms with van der Waals surface area (Å²) in [6.45, 7) is 1.09. The Balaban J connectivity index is 1.49. The number of hydrazine groups is 1. The third-order valence-electron chi connectivity index (χ3n) is 4.14. The van der Waals surface area contributed by atoms with Gasteiger partial charge in [0.25, 0.3) is 11.8 Å². The average Bonchev–Trinajstić information content (AvgIpc) is 3.16. The zero-order chi connectivity index (χ0) is 19.9. The third kappa shape index (κ3) is 4.70. The van der Waals surface area contributed by atoms with Gasteiger partial charge in [0.15, 0.2) is 0 Å². The molecule has 9 nitrogen and oxygen atoms in total. The van der Waals surface area contributed by atoms with Crippen molar-refractivity contribution in [3.8, 4) is 5.75 Å². The Hall–Kier alpha value is -3.75. The highest BCUT2D eigenvalue weighted by Gasteiger charge is 2.21. The minimum atomic E-state index is -0.473. The van der Waals surface area contributed by atoms with Crippen LogP contribution in [-0.2, 0) is 4.79 Å². The van der Waals surface area contributed by atoms with Gasteiger partial charge in [-0.25, -0.2) is 4.79 Å². The second-order valence-corrected chi connectivity index (χ2v) is 6.02. The number of carbonyl (C=O) groups is 3. The summed E-state index contributed by atoms with van der Waals surface area (Å²) < 4.78 is 5.07. The third-order valence-corrected chi connectivity index (χ3v) is 4.14. The van der Waals surface area contributed by atoms with Gasteiger partial charge in [0.1, 0.15) is 5.75 Å². The van der Waals surface area contributed by atoms with Crippen LogP contribution in [0, 0.1) is 0 Å². The Morgan fingerprint density at radius 3 is 2.61 bits per heavy atom. The van der Waals surface area contributed by atoms with E-state index in [1.807, 2.05) is 0 Å². The second kappa shape index (κ2) is 8.76. The van der Waals surface area contributed by atoms with Crippen molar-refractivity contribution in [2.75, 3.05) is 37.0 Å². The zero-order valence-electron chi connectivity index (χ0n) is 15.3. The van der Waals surface area contributed by atoms with Gasteiger partial charge in [-0.05, 0) is 42.5 Å². The van der Waals surface area contributed by atoms with Crippen LogP contribution >= 0.6 is 0 Å². The van der Waals surface area contributed by atoms with Crippen LogP contribution in [0.3, 0.4) is 0 Å². The standard InChI is InChI=1S/C19H21N5O4/c1-28-16-7-5-14(6-8-16)21-12-17(25)22-23-18(26)13-3-2-4-15(11-13)24-10-9-20-19(24)27/h2-8,11,21H,9-10,12H2,1H3,(H,20,27)(H,22,25)(H,23,26). The Labute approximate surface area is 162 Å². The zero-order valence-corrected chi connectivity index (χ0v) is 15.3. The fourth-order valence-corrected chi connectivity index (χ4v) is 2.67. The van der Waals surface area contributed by atoms with Crippen molar-refractivity contribution in [2.45, 2.75) is 0 Å². The van der Waals surface area contributed by atoms with Crippen LogP contribution in [0.15, 0.2) is 48.5 Å². The fourth-order valence-electron chi connectivity index (χ4n) is 2.67. The summed E-state index contributed by atoms with van der Waals surface area (Å²) in [4.78, 5) is 37.5. The van der Waals surface area contributed by atoms with E-state index in [9.17, 15) is 14.4 Å². The Bertz CT molecular complexity index is 869. The van der Waals surface area contributed by atoms with Crippen molar-refractivity contribution in [1.82, 2.24) is 16.2 Å². The Kier molecular flexibility index (Phi) is 5.95. The summed E-state index contributed by atoms with van der Waals surface area (Å²) in [7, 11) is 1.58. The Morgan fingerprint density at radius 1 is 1.14 bits per heavy atom. The van der Waals surface area contributed by atoms with Gasteiger partial charge in [0, 0.05) is 30.0 Å². The number of hydrogen-bond donors (Lipinski definition) is 4. The van der Waals surface area contributed by atoms with Gasteiger partial charge >= 0.3 is 6.03 Å². The van der Waals surface area contributed by atoms with E-state index >= 15 is 0 Å². The van der Waals surface area contributed by atoms with Crippen LogP contribution < -0.4 is 31.1 Å². The number of benzene rings is 2. The van der Waals surface area contributed by atoms with Crippen molar-refractivity contribution in [3.05, 3.63) is 54.1 Å². The first-order valence-corrected chi connectivity index (χ1v) is 8.69. The van der Waals surface area contributed by atoms with Gasteiger partial charge < -0.3 is 15.4 Å². The predicted molar refractivity (Wildman–Crippen MR) is 104 cm³/mol. The molecule has 3 rings (SSSR count). The molecule has 0 saturated carbocycles. The van der Waals surface area contributed by atoms with E-state index in [1.165, 1.54) is 0 Å². The van der Waals surface area contributed by atoms with E-state index in [2.05, 4.69) is 21.5 Å². The molecule has 1 saturated heterocycles. The van der Waals surface area contributed by atoms with Crippen LogP contribution in [-0.4, -0.2) is 44.6 Å². The molecule has 4 N–H and O–H groups in total. The number of nitrogens with zero attached hydrogens (tertiary/aromatic N) is 1. The van der Waals surface area contributed by atoms with E-state index in [0.29, 0.717) is 24.3 Å². The predicted octanol–water partition coefficient (Wildman–Crippen LogP) is 1.10. The second-order valence-electron chi connectivity index (χ2n) is 6.02. The van der Waals surface area contributed by atoms with E-state index in [1.54, 1.807) is 60.5 Å². The molecule has 0 unspecified atom stereocenters. The molecule has 1 fully saturated rings. The number of rotatable bonds is 6. The summed E-state index contributed by atoms with van der Waals surface area (Å²) in [5.41, 5.74) is 6.42. The van der Waals surface area contributed by atoms with Gasteiger partial charge in [-0.1, -0.05) is 6.07 Å². The maximum absolute atomic E-state index is 12.3. The molecule has 0 bridgehead atoms. The first-order valence-electron chi connectivity index (χ1n) is 8.69. The van der Waals surface area contributed by atoms with Gasteiger partial charge in [-0.15, -0.1) is 0 Å². The number of hydrogen-bond acceptors (Lipinski definition) is 5. The minimum Gasteiger partial charge on any atom is -0.497 e. The molecule has 0 aromatic heterocycles. The smallest absolute Gasteiger partial charge is 0.321 e. The maximum Gasteiger partial charge on any atom is 0.321 e. The topological polar surface area (TPSA) is 112 Å². The van der Waals surface area contributed by atoms with Gasteiger partial charge in [-0.3, -0.25) is 25.3 Å². The molecule has 2 aromatic rings. The lowest BCUT2D eigenvalue weighted by Crippen LogP contribution is -2.44. The lowest BCUT2D eigenvalue weighted by atomic mass is 10.2. The minimum absolute atomic E-state index is 0.0133. The van der Waals surface area contributed by atoms with Crippen molar-refractivity contribution >= 4 is 29.2 Å². The molecule has 1 aliphatic heterocycles.